The second-order valence-corrected chi connectivity index (χ2v) is 10.7. The number of carbonyl (C=O) groups is 6. The molecule has 0 bridgehead atoms. The van der Waals surface area contributed by atoms with Crippen LogP contribution in [0, 0.1) is 0 Å². The maximum Gasteiger partial charge on any atom is 0.305 e. The maximum absolute atomic E-state index is 13.1. The Morgan fingerprint density at radius 2 is 1.60 bits per heavy atom. The van der Waals surface area contributed by atoms with Crippen molar-refractivity contribution in [3.63, 3.8) is 0 Å². The van der Waals surface area contributed by atoms with Gasteiger partial charge < -0.3 is 14.8 Å². The van der Waals surface area contributed by atoms with E-state index in [1.165, 1.54) is 31.7 Å². The number of hydrogen-bond acceptors (Lipinski definition) is 8. The van der Waals surface area contributed by atoms with Crippen molar-refractivity contribution in [3.05, 3.63) is 29.3 Å². The molecule has 230 valence electrons. The first-order valence-corrected chi connectivity index (χ1v) is 15.2. The number of piperidine rings is 1. The van der Waals surface area contributed by atoms with Crippen molar-refractivity contribution >= 4 is 41.2 Å². The zero-order valence-corrected chi connectivity index (χ0v) is 24.5. The Morgan fingerprint density at radius 1 is 0.881 bits per heavy atom. The Hall–Kier alpha value is -3.60. The minimum absolute atomic E-state index is 0.0330. The van der Waals surface area contributed by atoms with Crippen molar-refractivity contribution in [1.29, 1.82) is 0 Å². The Labute approximate surface area is 247 Å². The molecule has 1 fully saturated rings. The molecule has 1 atom stereocenters. The topological polar surface area (TPSA) is 148 Å². The van der Waals surface area contributed by atoms with Gasteiger partial charge in [-0.25, -0.2) is 0 Å². The van der Waals surface area contributed by atoms with Crippen LogP contribution in [0.5, 0.6) is 0 Å². The van der Waals surface area contributed by atoms with Crippen molar-refractivity contribution in [2.45, 2.75) is 103 Å². The van der Waals surface area contributed by atoms with E-state index in [9.17, 15) is 28.8 Å². The van der Waals surface area contributed by atoms with Crippen molar-refractivity contribution < 1.29 is 38.2 Å². The number of hydrogen-bond donors (Lipinski definition) is 2. The van der Waals surface area contributed by atoms with E-state index in [0.717, 1.165) is 37.0 Å². The van der Waals surface area contributed by atoms with Crippen molar-refractivity contribution in [2.75, 3.05) is 25.1 Å². The van der Waals surface area contributed by atoms with Gasteiger partial charge in [0, 0.05) is 25.9 Å². The second kappa shape index (κ2) is 17.4. The Morgan fingerprint density at radius 3 is 2.36 bits per heavy atom. The molecule has 2 aliphatic heterocycles. The molecule has 5 amide bonds. The molecule has 2 heterocycles. The minimum Gasteiger partial charge on any atom is -0.463 e. The zero-order valence-electron chi connectivity index (χ0n) is 24.5. The molecule has 1 unspecified atom stereocenters. The van der Waals surface area contributed by atoms with Crippen LogP contribution in [-0.4, -0.2) is 66.3 Å². The Balaban J connectivity index is 1.28. The number of ether oxygens (including phenoxy) is 2. The van der Waals surface area contributed by atoms with Gasteiger partial charge in [-0.15, -0.1) is 0 Å². The summed E-state index contributed by atoms with van der Waals surface area (Å²) in [6.07, 6.45) is 10.9. The summed E-state index contributed by atoms with van der Waals surface area (Å²) in [6, 6.07) is 3.53. The molecule has 0 aliphatic carbocycles. The van der Waals surface area contributed by atoms with Gasteiger partial charge in [-0.2, -0.15) is 0 Å². The van der Waals surface area contributed by atoms with Gasteiger partial charge in [0.25, 0.3) is 11.8 Å². The third-order valence-electron chi connectivity index (χ3n) is 7.41. The summed E-state index contributed by atoms with van der Waals surface area (Å²) >= 11 is 0. The number of fused-ring (bicyclic) bond motifs is 1. The number of esters is 1. The van der Waals surface area contributed by atoms with Crippen LogP contribution >= 0.6 is 0 Å². The fourth-order valence-electron chi connectivity index (χ4n) is 5.11. The maximum atomic E-state index is 13.1. The molecule has 0 radical (unpaired) electrons. The highest BCUT2D eigenvalue weighted by molar-refractivity contribution is 6.26. The number of nitrogens with zero attached hydrogens (tertiary/aromatic N) is 1. The van der Waals surface area contributed by atoms with Crippen LogP contribution in [0.3, 0.4) is 0 Å². The lowest BCUT2D eigenvalue weighted by Crippen LogP contribution is -2.54. The van der Waals surface area contributed by atoms with Gasteiger partial charge in [0.05, 0.1) is 23.4 Å². The molecule has 2 aliphatic rings. The standard InChI is InChI=1S/C31H43N3O8/c1-2-3-4-5-6-7-10-16-27(37)42-21-20-41-19-11-8-9-15-25(35)32-23-14-12-13-22-28(23)31(40)34(30(22)39)24-17-18-26(36)33-29(24)38/h12-14,24H,2-11,15-21H2,1H3,(H,32,35)(H,33,36,38). The van der Waals surface area contributed by atoms with Crippen LogP contribution in [0.1, 0.15) is 118 Å². The molecule has 1 aromatic carbocycles. The van der Waals surface area contributed by atoms with E-state index in [1.54, 1.807) is 12.1 Å². The molecule has 0 aromatic heterocycles. The summed E-state index contributed by atoms with van der Waals surface area (Å²) in [5.74, 6) is -2.89. The van der Waals surface area contributed by atoms with E-state index in [-0.39, 0.29) is 54.6 Å². The summed E-state index contributed by atoms with van der Waals surface area (Å²) in [4.78, 5) is 75.0. The third-order valence-corrected chi connectivity index (χ3v) is 7.41. The monoisotopic (exact) mass is 585 g/mol. The van der Waals surface area contributed by atoms with Gasteiger partial charge >= 0.3 is 5.97 Å². The Bertz CT molecular complexity index is 1140. The van der Waals surface area contributed by atoms with Gasteiger partial charge in [-0.05, 0) is 37.8 Å². The van der Waals surface area contributed by atoms with Crippen molar-refractivity contribution in [1.82, 2.24) is 10.2 Å². The van der Waals surface area contributed by atoms with Gasteiger partial charge in [0.2, 0.25) is 17.7 Å². The predicted molar refractivity (Wildman–Crippen MR) is 155 cm³/mol. The lowest BCUT2D eigenvalue weighted by molar-refractivity contribution is -0.145. The number of benzene rings is 1. The molecule has 11 nitrogen and oxygen atoms in total. The highest BCUT2D eigenvalue weighted by Gasteiger charge is 2.45. The summed E-state index contributed by atoms with van der Waals surface area (Å²) in [5.41, 5.74) is 0.385. The first-order valence-electron chi connectivity index (χ1n) is 15.2. The number of imide groups is 2. The second-order valence-electron chi connectivity index (χ2n) is 10.7. The lowest BCUT2D eigenvalue weighted by atomic mass is 10.0. The van der Waals surface area contributed by atoms with Gasteiger partial charge in [-0.3, -0.25) is 39.0 Å². The van der Waals surface area contributed by atoms with E-state index in [1.807, 2.05) is 0 Å². The van der Waals surface area contributed by atoms with Crippen molar-refractivity contribution in [3.8, 4) is 0 Å². The predicted octanol–water partition coefficient (Wildman–Crippen LogP) is 4.29. The van der Waals surface area contributed by atoms with E-state index in [2.05, 4.69) is 17.6 Å². The Kier molecular flexibility index (Phi) is 13.6. The highest BCUT2D eigenvalue weighted by Crippen LogP contribution is 2.32. The molecule has 1 aromatic rings. The SMILES string of the molecule is CCCCCCCCCC(=O)OCCOCCCCCC(=O)Nc1cccc2c1C(=O)N(C1CCC(=O)NC1=O)C2=O. The molecule has 42 heavy (non-hydrogen) atoms. The third kappa shape index (κ3) is 9.75. The van der Waals surface area contributed by atoms with Gasteiger partial charge in [0.15, 0.2) is 0 Å². The quantitative estimate of drug-likeness (QED) is 0.139. The highest BCUT2D eigenvalue weighted by atomic mass is 16.6. The molecule has 3 rings (SSSR count). The van der Waals surface area contributed by atoms with Crippen LogP contribution in [0.15, 0.2) is 18.2 Å². The van der Waals surface area contributed by atoms with Crippen LogP contribution in [0.25, 0.3) is 0 Å². The fraction of sp³-hybridized carbons (Fsp3) is 0.613. The number of rotatable bonds is 19. The average molecular weight is 586 g/mol. The molecule has 2 N–H and O–H groups in total. The average Bonchev–Trinajstić information content (AvgIpc) is 3.21. The van der Waals surface area contributed by atoms with Crippen LogP contribution in [0.4, 0.5) is 5.69 Å². The summed E-state index contributed by atoms with van der Waals surface area (Å²) in [6.45, 7) is 3.27. The van der Waals surface area contributed by atoms with Gasteiger partial charge in [-0.1, -0.05) is 57.9 Å². The zero-order chi connectivity index (χ0) is 30.3. The largest absolute Gasteiger partial charge is 0.463 e. The molecular formula is C31H43N3O8. The van der Waals surface area contributed by atoms with Crippen LogP contribution in [0.2, 0.25) is 0 Å². The number of amides is 5. The lowest BCUT2D eigenvalue weighted by Gasteiger charge is -2.27. The first-order chi connectivity index (χ1) is 20.3. The first kappa shape index (κ1) is 32.9. The minimum atomic E-state index is -1.07. The number of unbranched alkanes of at least 4 members (excludes halogenated alkanes) is 8. The van der Waals surface area contributed by atoms with E-state index in [0.29, 0.717) is 26.1 Å². The molecule has 0 spiro atoms. The van der Waals surface area contributed by atoms with E-state index < -0.39 is 29.7 Å². The molecule has 1 saturated heterocycles. The molecule has 11 heteroatoms. The number of anilines is 1. The van der Waals surface area contributed by atoms with Crippen molar-refractivity contribution in [2.24, 2.45) is 0 Å². The van der Waals surface area contributed by atoms with Crippen LogP contribution in [-0.2, 0) is 28.7 Å². The van der Waals surface area contributed by atoms with Crippen LogP contribution < -0.4 is 10.6 Å². The number of carbonyl (C=O) groups excluding carboxylic acids is 6. The fourth-order valence-corrected chi connectivity index (χ4v) is 5.11. The summed E-state index contributed by atoms with van der Waals surface area (Å²) in [7, 11) is 0. The normalized spacial score (nSPS) is 16.4. The van der Waals surface area contributed by atoms with E-state index in [4.69, 9.17) is 9.47 Å². The van der Waals surface area contributed by atoms with E-state index >= 15 is 0 Å². The summed E-state index contributed by atoms with van der Waals surface area (Å²) < 4.78 is 10.7. The molecular weight excluding hydrogens is 542 g/mol. The van der Waals surface area contributed by atoms with Gasteiger partial charge in [0.1, 0.15) is 12.6 Å². The smallest absolute Gasteiger partial charge is 0.305 e. The number of nitrogens with one attached hydrogen (secondary N) is 2. The summed E-state index contributed by atoms with van der Waals surface area (Å²) in [5, 5.41) is 4.89. The molecule has 0 saturated carbocycles.